The number of rotatable bonds is 7. The molecule has 1 fully saturated rings. The van der Waals surface area contributed by atoms with Gasteiger partial charge in [0.05, 0.1) is 24.6 Å². The molecule has 4 aromatic rings. The van der Waals surface area contributed by atoms with Crippen LogP contribution in [0.5, 0.6) is 5.75 Å². The number of aryl methyl sites for hydroxylation is 2. The van der Waals surface area contributed by atoms with Crippen LogP contribution in [-0.4, -0.2) is 68.7 Å². The Bertz CT molecular complexity index is 1500. The molecule has 204 valence electrons. The van der Waals surface area contributed by atoms with Gasteiger partial charge in [-0.3, -0.25) is 14.3 Å². The van der Waals surface area contributed by atoms with Crippen LogP contribution in [0.25, 0.3) is 11.0 Å². The highest BCUT2D eigenvalue weighted by molar-refractivity contribution is 5.99. The number of aromatic nitrogens is 4. The second kappa shape index (κ2) is 10.8. The highest BCUT2D eigenvalue weighted by atomic mass is 19.3. The van der Waals surface area contributed by atoms with Crippen molar-refractivity contribution in [2.45, 2.75) is 38.3 Å². The molecule has 0 aliphatic carbocycles. The number of nitrogens with zero attached hydrogens (tertiary/aromatic N) is 5. The summed E-state index contributed by atoms with van der Waals surface area (Å²) in [6.07, 6.45) is -0.466. The second-order valence-electron chi connectivity index (χ2n) is 9.78. The molecule has 2 aromatic heterocycles. The first-order valence-electron chi connectivity index (χ1n) is 12.7. The van der Waals surface area contributed by atoms with Gasteiger partial charge >= 0.3 is 0 Å². The Hall–Kier alpha value is -4.28. The number of likely N-dealkylation sites (tertiary alicyclic amines) is 1. The molecule has 1 saturated heterocycles. The van der Waals surface area contributed by atoms with Crippen LogP contribution < -0.4 is 10.1 Å². The zero-order valence-corrected chi connectivity index (χ0v) is 22.0. The molecule has 11 heteroatoms. The molecule has 0 spiro atoms. The number of benzene rings is 2. The maximum atomic E-state index is 13.7. The summed E-state index contributed by atoms with van der Waals surface area (Å²) in [5.74, 6) is -0.294. The van der Waals surface area contributed by atoms with Crippen molar-refractivity contribution in [2.75, 3.05) is 20.2 Å². The van der Waals surface area contributed by atoms with Gasteiger partial charge in [-0.15, -0.1) is 0 Å². The number of imidazole rings is 1. The van der Waals surface area contributed by atoms with E-state index < -0.39 is 18.9 Å². The topological polar surface area (TPSA) is 94.3 Å². The van der Waals surface area contributed by atoms with Crippen LogP contribution in [0.4, 0.5) is 8.78 Å². The molecular formula is C28H30F2N6O3. The van der Waals surface area contributed by atoms with Gasteiger partial charge in [-0.05, 0) is 37.1 Å². The van der Waals surface area contributed by atoms with Crippen molar-refractivity contribution < 1.29 is 23.1 Å². The van der Waals surface area contributed by atoms with Crippen LogP contribution in [-0.2, 0) is 13.6 Å². The van der Waals surface area contributed by atoms with E-state index in [1.807, 2.05) is 48.0 Å². The number of carbonyl (C=O) groups is 2. The van der Waals surface area contributed by atoms with Crippen molar-refractivity contribution in [2.24, 2.45) is 7.05 Å². The van der Waals surface area contributed by atoms with Gasteiger partial charge in [-0.25, -0.2) is 13.8 Å². The lowest BCUT2D eigenvalue weighted by Gasteiger charge is -2.39. The van der Waals surface area contributed by atoms with Crippen LogP contribution in [0, 0.1) is 6.92 Å². The number of fused-ring (bicyclic) bond motifs is 1. The first kappa shape index (κ1) is 26.3. The first-order valence-corrected chi connectivity index (χ1v) is 12.7. The fourth-order valence-electron chi connectivity index (χ4n) is 5.25. The number of hydrogen-bond acceptors (Lipinski definition) is 5. The predicted octanol–water partition coefficient (Wildman–Crippen LogP) is 3.78. The molecule has 1 aliphatic rings. The smallest absolute Gasteiger partial charge is 0.269 e. The van der Waals surface area contributed by atoms with Gasteiger partial charge in [0.15, 0.2) is 0 Å². The number of nitrogens with one attached hydrogen (secondary N) is 1. The monoisotopic (exact) mass is 536 g/mol. The standard InChI is InChI=1S/C28H30F2N6O3/c1-17-11-23(36(33-17)15-25(29)30)27(37)32-21-9-10-35(14-20(21)18-7-5-4-6-8-18)28(38)19-12-22-26(24(13-19)39-3)31-16-34(22)2/h4-8,11-13,16,20-21,25H,9-10,14-15H2,1-3H3,(H,32,37)/t20-,21-/m1/s1. The molecule has 0 saturated carbocycles. The molecule has 9 nitrogen and oxygen atoms in total. The van der Waals surface area contributed by atoms with Gasteiger partial charge < -0.3 is 19.5 Å². The molecule has 0 unspecified atom stereocenters. The minimum absolute atomic E-state index is 0.0923. The SMILES string of the molecule is COc1cc(C(=O)N2CC[C@@H](NC(=O)c3cc(C)nn3CC(F)F)[C@@H](c3ccccc3)C2)cc2c1ncn2C. The van der Waals surface area contributed by atoms with Crippen molar-refractivity contribution in [3.8, 4) is 5.75 Å². The third-order valence-electron chi connectivity index (χ3n) is 7.15. The number of hydrogen-bond donors (Lipinski definition) is 1. The first-order chi connectivity index (χ1) is 18.7. The quantitative estimate of drug-likeness (QED) is 0.388. The van der Waals surface area contributed by atoms with Gasteiger partial charge in [0.1, 0.15) is 23.5 Å². The predicted molar refractivity (Wildman–Crippen MR) is 141 cm³/mol. The molecular weight excluding hydrogens is 506 g/mol. The van der Waals surface area contributed by atoms with Gasteiger partial charge in [0.25, 0.3) is 18.2 Å². The molecule has 0 radical (unpaired) electrons. The Morgan fingerprint density at radius 1 is 1.18 bits per heavy atom. The number of alkyl halides is 2. The molecule has 2 amide bonds. The molecule has 5 rings (SSSR count). The normalized spacial score (nSPS) is 17.5. The summed E-state index contributed by atoms with van der Waals surface area (Å²) in [5, 5.41) is 7.10. The molecule has 2 aromatic carbocycles. The summed E-state index contributed by atoms with van der Waals surface area (Å²) in [7, 11) is 3.41. The van der Waals surface area contributed by atoms with Gasteiger partial charge in [-0.2, -0.15) is 5.10 Å². The van der Waals surface area contributed by atoms with E-state index in [0.717, 1.165) is 15.8 Å². The van der Waals surface area contributed by atoms with Gasteiger partial charge in [-0.1, -0.05) is 30.3 Å². The largest absolute Gasteiger partial charge is 0.494 e. The Morgan fingerprint density at radius 3 is 2.67 bits per heavy atom. The summed E-state index contributed by atoms with van der Waals surface area (Å²) in [5.41, 5.74) is 3.51. The molecule has 1 N–H and O–H groups in total. The molecule has 39 heavy (non-hydrogen) atoms. The highest BCUT2D eigenvalue weighted by Crippen LogP contribution is 2.31. The maximum absolute atomic E-state index is 13.7. The van der Waals surface area contributed by atoms with Crippen LogP contribution in [0.15, 0.2) is 54.9 Å². The van der Waals surface area contributed by atoms with Crippen LogP contribution in [0.3, 0.4) is 0 Å². The van der Waals surface area contributed by atoms with E-state index in [4.69, 9.17) is 4.74 Å². The lowest BCUT2D eigenvalue weighted by atomic mass is 9.85. The zero-order valence-electron chi connectivity index (χ0n) is 22.0. The van der Waals surface area contributed by atoms with E-state index in [0.29, 0.717) is 42.0 Å². The van der Waals surface area contributed by atoms with Crippen molar-refractivity contribution in [1.82, 2.24) is 29.5 Å². The average molecular weight is 537 g/mol. The van der Waals surface area contributed by atoms with Crippen LogP contribution in [0.1, 0.15) is 44.4 Å². The third kappa shape index (κ3) is 5.34. The van der Waals surface area contributed by atoms with Gasteiger partial charge in [0.2, 0.25) is 0 Å². The summed E-state index contributed by atoms with van der Waals surface area (Å²) in [6, 6.07) is 14.4. The van der Waals surface area contributed by atoms with E-state index in [2.05, 4.69) is 15.4 Å². The summed E-state index contributed by atoms with van der Waals surface area (Å²) >= 11 is 0. The van der Waals surface area contributed by atoms with Crippen molar-refractivity contribution in [3.05, 3.63) is 77.4 Å². The fourth-order valence-corrected chi connectivity index (χ4v) is 5.25. The minimum Gasteiger partial charge on any atom is -0.494 e. The average Bonchev–Trinajstić information content (AvgIpc) is 3.49. The van der Waals surface area contributed by atoms with E-state index in [9.17, 15) is 18.4 Å². The van der Waals surface area contributed by atoms with Gasteiger partial charge in [0, 0.05) is 37.7 Å². The third-order valence-corrected chi connectivity index (χ3v) is 7.15. The Balaban J connectivity index is 1.40. The van der Waals surface area contributed by atoms with Crippen molar-refractivity contribution >= 4 is 22.8 Å². The van der Waals surface area contributed by atoms with Crippen LogP contribution in [0.2, 0.25) is 0 Å². The molecule has 2 atom stereocenters. The van der Waals surface area contributed by atoms with E-state index in [1.165, 1.54) is 6.07 Å². The summed E-state index contributed by atoms with van der Waals surface area (Å²) < 4.78 is 34.5. The van der Waals surface area contributed by atoms with E-state index in [-0.39, 0.29) is 23.6 Å². The molecule has 0 bridgehead atoms. The maximum Gasteiger partial charge on any atom is 0.269 e. The minimum atomic E-state index is -2.63. The fraction of sp³-hybridized carbons (Fsp3) is 0.357. The van der Waals surface area contributed by atoms with E-state index in [1.54, 1.807) is 31.3 Å². The van der Waals surface area contributed by atoms with E-state index >= 15 is 0 Å². The number of ether oxygens (including phenoxy) is 1. The molecule has 1 aliphatic heterocycles. The lowest BCUT2D eigenvalue weighted by molar-refractivity contribution is 0.0670. The number of piperidine rings is 1. The lowest BCUT2D eigenvalue weighted by Crippen LogP contribution is -2.51. The molecule has 3 heterocycles. The van der Waals surface area contributed by atoms with Crippen molar-refractivity contribution in [1.29, 1.82) is 0 Å². The number of halogens is 2. The summed E-state index contributed by atoms with van der Waals surface area (Å²) in [6.45, 7) is 1.78. The van der Waals surface area contributed by atoms with Crippen molar-refractivity contribution in [3.63, 3.8) is 0 Å². The summed E-state index contributed by atoms with van der Waals surface area (Å²) in [4.78, 5) is 33.1. The Kier molecular flexibility index (Phi) is 7.32. The second-order valence-corrected chi connectivity index (χ2v) is 9.78. The number of carbonyl (C=O) groups excluding carboxylic acids is 2. The van der Waals surface area contributed by atoms with Crippen LogP contribution >= 0.6 is 0 Å². The Labute approximate surface area is 224 Å². The number of amides is 2. The Morgan fingerprint density at radius 2 is 1.95 bits per heavy atom. The zero-order chi connectivity index (χ0) is 27.7. The highest BCUT2D eigenvalue weighted by Gasteiger charge is 2.35. The number of methoxy groups -OCH3 is 1.